The van der Waals surface area contributed by atoms with Crippen molar-refractivity contribution in [3.05, 3.63) is 35.6 Å². The van der Waals surface area contributed by atoms with Crippen LogP contribution in [0.25, 0.3) is 0 Å². The summed E-state index contributed by atoms with van der Waals surface area (Å²) in [5.74, 6) is -0.892. The molecule has 19 heavy (non-hydrogen) atoms. The number of carbonyl (C=O) groups excluding carboxylic acids is 2. The number of nitrogens with two attached hydrogens (primary N) is 1. The Hall–Kier alpha value is -2.11. The Labute approximate surface area is 111 Å². The van der Waals surface area contributed by atoms with Gasteiger partial charge in [0.2, 0.25) is 5.91 Å². The molecular weight excluding hydrogens is 249 g/mol. The van der Waals surface area contributed by atoms with Crippen LogP contribution in [0, 0.1) is 11.7 Å². The number of amides is 3. The maximum atomic E-state index is 13.4. The van der Waals surface area contributed by atoms with E-state index in [1.165, 1.54) is 6.07 Å². The molecule has 0 radical (unpaired) electrons. The molecule has 0 aromatic heterocycles. The SMILES string of the molecule is CC(C)C(NC(N)=O)C(=O)NCc1ccccc1F. The Balaban J connectivity index is 2.63. The quantitative estimate of drug-likeness (QED) is 0.747. The van der Waals surface area contributed by atoms with Crippen LogP contribution in [0.1, 0.15) is 19.4 Å². The van der Waals surface area contributed by atoms with Gasteiger partial charge in [0.1, 0.15) is 11.9 Å². The lowest BCUT2D eigenvalue weighted by Crippen LogP contribution is -2.51. The van der Waals surface area contributed by atoms with Crippen molar-refractivity contribution in [2.45, 2.75) is 26.4 Å². The zero-order valence-corrected chi connectivity index (χ0v) is 10.9. The van der Waals surface area contributed by atoms with E-state index in [1.54, 1.807) is 32.0 Å². The molecule has 6 heteroatoms. The van der Waals surface area contributed by atoms with Gasteiger partial charge < -0.3 is 16.4 Å². The topological polar surface area (TPSA) is 84.2 Å². The molecule has 5 nitrogen and oxygen atoms in total. The fourth-order valence-electron chi connectivity index (χ4n) is 1.62. The standard InChI is InChI=1S/C13H18FN3O2/c1-8(2)11(17-13(15)19)12(18)16-7-9-5-3-4-6-10(9)14/h3-6,8,11H,7H2,1-2H3,(H,16,18)(H3,15,17,19). The van der Waals surface area contributed by atoms with Gasteiger partial charge in [0.25, 0.3) is 0 Å². The van der Waals surface area contributed by atoms with Crippen molar-refractivity contribution in [3.8, 4) is 0 Å². The molecule has 3 amide bonds. The van der Waals surface area contributed by atoms with Gasteiger partial charge in [-0.1, -0.05) is 32.0 Å². The van der Waals surface area contributed by atoms with Crippen molar-refractivity contribution in [2.75, 3.05) is 0 Å². The first-order valence-electron chi connectivity index (χ1n) is 5.99. The van der Waals surface area contributed by atoms with Gasteiger partial charge in [-0.15, -0.1) is 0 Å². The molecule has 0 heterocycles. The Bertz CT molecular complexity index is 463. The predicted octanol–water partition coefficient (Wildman–Crippen LogP) is 1.13. The summed E-state index contributed by atoms with van der Waals surface area (Å²) >= 11 is 0. The summed E-state index contributed by atoms with van der Waals surface area (Å²) in [5, 5.41) is 4.94. The van der Waals surface area contributed by atoms with Crippen LogP contribution in [0.15, 0.2) is 24.3 Å². The summed E-state index contributed by atoms with van der Waals surface area (Å²) in [6.45, 7) is 3.63. The van der Waals surface area contributed by atoms with Gasteiger partial charge >= 0.3 is 6.03 Å². The first-order chi connectivity index (χ1) is 8.91. The normalized spacial score (nSPS) is 12.0. The van der Waals surface area contributed by atoms with Crippen molar-refractivity contribution in [3.63, 3.8) is 0 Å². The highest BCUT2D eigenvalue weighted by Crippen LogP contribution is 2.07. The molecule has 0 saturated heterocycles. The van der Waals surface area contributed by atoms with Crippen molar-refractivity contribution in [1.29, 1.82) is 0 Å². The third-order valence-corrected chi connectivity index (χ3v) is 2.66. The number of primary amides is 1. The van der Waals surface area contributed by atoms with Crippen molar-refractivity contribution in [2.24, 2.45) is 11.7 Å². The summed E-state index contributed by atoms with van der Waals surface area (Å²) < 4.78 is 13.4. The summed E-state index contributed by atoms with van der Waals surface area (Å²) in [6.07, 6.45) is 0. The van der Waals surface area contributed by atoms with E-state index in [0.717, 1.165) is 0 Å². The molecule has 1 aromatic carbocycles. The van der Waals surface area contributed by atoms with Gasteiger partial charge in [0.15, 0.2) is 0 Å². The molecule has 0 fully saturated rings. The molecule has 0 spiro atoms. The average molecular weight is 267 g/mol. The summed E-state index contributed by atoms with van der Waals surface area (Å²) in [5.41, 5.74) is 5.40. The van der Waals surface area contributed by atoms with E-state index in [1.807, 2.05) is 0 Å². The van der Waals surface area contributed by atoms with Gasteiger partial charge in [-0.25, -0.2) is 9.18 Å². The second-order valence-corrected chi connectivity index (χ2v) is 4.54. The largest absolute Gasteiger partial charge is 0.352 e. The first kappa shape index (κ1) is 14.9. The minimum atomic E-state index is -0.764. The molecule has 1 unspecified atom stereocenters. The van der Waals surface area contributed by atoms with Crippen LogP contribution < -0.4 is 16.4 Å². The third kappa shape index (κ3) is 4.57. The fraction of sp³-hybridized carbons (Fsp3) is 0.385. The van der Waals surface area contributed by atoms with E-state index in [2.05, 4.69) is 10.6 Å². The van der Waals surface area contributed by atoms with Gasteiger partial charge in [-0.05, 0) is 12.0 Å². The minimum Gasteiger partial charge on any atom is -0.352 e. The van der Waals surface area contributed by atoms with Crippen molar-refractivity contribution < 1.29 is 14.0 Å². The number of carbonyl (C=O) groups is 2. The molecule has 4 N–H and O–H groups in total. The van der Waals surface area contributed by atoms with Crippen LogP contribution in [0.4, 0.5) is 9.18 Å². The summed E-state index contributed by atoms with van der Waals surface area (Å²) in [6, 6.07) is 4.67. The lowest BCUT2D eigenvalue weighted by atomic mass is 10.0. The maximum absolute atomic E-state index is 13.4. The minimum absolute atomic E-state index is 0.0647. The molecule has 1 rings (SSSR count). The molecule has 104 valence electrons. The van der Waals surface area contributed by atoms with Crippen LogP contribution in [0.2, 0.25) is 0 Å². The summed E-state index contributed by atoms with van der Waals surface area (Å²) in [7, 11) is 0. The average Bonchev–Trinajstić information content (AvgIpc) is 2.34. The van der Waals surface area contributed by atoms with E-state index in [-0.39, 0.29) is 18.3 Å². The zero-order valence-electron chi connectivity index (χ0n) is 10.9. The van der Waals surface area contributed by atoms with Gasteiger partial charge in [-0.2, -0.15) is 0 Å². The third-order valence-electron chi connectivity index (χ3n) is 2.66. The zero-order chi connectivity index (χ0) is 14.4. The molecule has 0 bridgehead atoms. The molecule has 0 aliphatic heterocycles. The number of nitrogens with one attached hydrogen (secondary N) is 2. The highest BCUT2D eigenvalue weighted by atomic mass is 19.1. The van der Waals surface area contributed by atoms with Gasteiger partial charge in [0.05, 0.1) is 0 Å². The number of hydrogen-bond acceptors (Lipinski definition) is 2. The van der Waals surface area contributed by atoms with E-state index in [9.17, 15) is 14.0 Å². The first-order valence-corrected chi connectivity index (χ1v) is 5.99. The second-order valence-electron chi connectivity index (χ2n) is 4.54. The number of halogens is 1. The predicted molar refractivity (Wildman–Crippen MR) is 69.6 cm³/mol. The molecule has 0 saturated carbocycles. The van der Waals surface area contributed by atoms with Crippen LogP contribution >= 0.6 is 0 Å². The van der Waals surface area contributed by atoms with Crippen molar-refractivity contribution >= 4 is 11.9 Å². The van der Waals surface area contributed by atoms with Crippen LogP contribution in [-0.2, 0) is 11.3 Å². The highest BCUT2D eigenvalue weighted by Gasteiger charge is 2.23. The Morgan fingerprint density at radius 2 is 1.95 bits per heavy atom. The number of urea groups is 1. The van der Waals surface area contributed by atoms with Gasteiger partial charge in [-0.3, -0.25) is 4.79 Å². The van der Waals surface area contributed by atoms with E-state index < -0.39 is 18.0 Å². The fourth-order valence-corrected chi connectivity index (χ4v) is 1.62. The number of hydrogen-bond donors (Lipinski definition) is 3. The lowest BCUT2D eigenvalue weighted by molar-refractivity contribution is -0.124. The molecule has 1 aromatic rings. The lowest BCUT2D eigenvalue weighted by Gasteiger charge is -2.20. The van der Waals surface area contributed by atoms with Crippen LogP contribution in [0.5, 0.6) is 0 Å². The Morgan fingerprint density at radius 1 is 1.32 bits per heavy atom. The second kappa shape index (κ2) is 6.72. The molecule has 0 aliphatic carbocycles. The monoisotopic (exact) mass is 267 g/mol. The maximum Gasteiger partial charge on any atom is 0.312 e. The van der Waals surface area contributed by atoms with E-state index in [0.29, 0.717) is 5.56 Å². The molecular formula is C13H18FN3O2. The van der Waals surface area contributed by atoms with Crippen LogP contribution in [0.3, 0.4) is 0 Å². The van der Waals surface area contributed by atoms with Crippen molar-refractivity contribution in [1.82, 2.24) is 10.6 Å². The smallest absolute Gasteiger partial charge is 0.312 e. The van der Waals surface area contributed by atoms with Crippen LogP contribution in [-0.4, -0.2) is 18.0 Å². The summed E-state index contributed by atoms with van der Waals surface area (Å²) in [4.78, 5) is 22.7. The Kier molecular flexibility index (Phi) is 5.29. The number of rotatable bonds is 5. The van der Waals surface area contributed by atoms with E-state index in [4.69, 9.17) is 5.73 Å². The van der Waals surface area contributed by atoms with E-state index >= 15 is 0 Å². The van der Waals surface area contributed by atoms with Gasteiger partial charge in [0, 0.05) is 12.1 Å². The number of benzene rings is 1. The molecule has 1 atom stereocenters. The highest BCUT2D eigenvalue weighted by molar-refractivity contribution is 5.86. The Morgan fingerprint density at radius 3 is 2.47 bits per heavy atom. The molecule has 0 aliphatic rings.